The van der Waals surface area contributed by atoms with E-state index in [-0.39, 0.29) is 30.9 Å². The lowest BCUT2D eigenvalue weighted by Gasteiger charge is -2.32. The van der Waals surface area contributed by atoms with Gasteiger partial charge < -0.3 is 24.1 Å². The van der Waals surface area contributed by atoms with Crippen molar-refractivity contribution in [3.05, 3.63) is 72.2 Å². The zero-order valence-electron chi connectivity index (χ0n) is 20.1. The minimum Gasteiger partial charge on any atom is -0.493 e. The van der Waals surface area contributed by atoms with Crippen molar-refractivity contribution in [1.82, 2.24) is 25.2 Å². The summed E-state index contributed by atoms with van der Waals surface area (Å²) in [6.45, 7) is 0.139. The molecular weight excluding hydrogens is 462 g/mol. The molecule has 1 N–H and O–H groups in total. The zero-order chi connectivity index (χ0) is 25.1. The van der Waals surface area contributed by atoms with E-state index >= 15 is 0 Å². The van der Waals surface area contributed by atoms with Crippen LogP contribution in [-0.4, -0.2) is 52.0 Å². The Labute approximate surface area is 207 Å². The van der Waals surface area contributed by atoms with Gasteiger partial charge in [0.1, 0.15) is 23.9 Å². The van der Waals surface area contributed by atoms with Crippen LogP contribution in [0.2, 0.25) is 0 Å². The monoisotopic (exact) mass is 489 g/mol. The van der Waals surface area contributed by atoms with Crippen molar-refractivity contribution < 1.29 is 23.5 Å². The fourth-order valence-electron chi connectivity index (χ4n) is 4.38. The summed E-state index contributed by atoms with van der Waals surface area (Å²) in [5, 5.41) is 11.2. The minimum atomic E-state index is -0.945. The molecule has 10 nitrogen and oxygen atoms in total. The number of rotatable bonds is 10. The maximum atomic E-state index is 13.8. The van der Waals surface area contributed by atoms with E-state index in [9.17, 15) is 9.59 Å². The molecule has 0 bridgehead atoms. The fourth-order valence-corrected chi connectivity index (χ4v) is 4.38. The van der Waals surface area contributed by atoms with E-state index in [1.807, 2.05) is 24.3 Å². The predicted octanol–water partition coefficient (Wildman–Crippen LogP) is 3.09. The Morgan fingerprint density at radius 1 is 1.11 bits per heavy atom. The van der Waals surface area contributed by atoms with Crippen LogP contribution in [0.15, 0.2) is 65.3 Å². The molecule has 2 aromatic carbocycles. The molecule has 1 saturated carbocycles. The number of hydrogen-bond acceptors (Lipinski definition) is 7. The van der Waals surface area contributed by atoms with Crippen LogP contribution in [0, 0.1) is 0 Å². The fraction of sp³-hybridized carbons (Fsp3) is 0.308. The topological polar surface area (TPSA) is 112 Å². The highest BCUT2D eigenvalue weighted by atomic mass is 16.5. The molecule has 1 aliphatic rings. The van der Waals surface area contributed by atoms with E-state index in [0.717, 1.165) is 18.4 Å². The number of para-hydroxylation sites is 2. The van der Waals surface area contributed by atoms with Crippen LogP contribution in [0.4, 0.5) is 0 Å². The molecule has 2 heterocycles. The summed E-state index contributed by atoms with van der Waals surface area (Å²) in [6, 6.07) is 15.3. The lowest BCUT2D eigenvalue weighted by atomic mass is 10.0. The average Bonchev–Trinajstić information content (AvgIpc) is 3.44. The molecule has 0 unspecified atom stereocenters. The number of benzene rings is 2. The number of nitrogens with zero attached hydrogens (tertiary/aromatic N) is 4. The summed E-state index contributed by atoms with van der Waals surface area (Å²) >= 11 is 0. The summed E-state index contributed by atoms with van der Waals surface area (Å²) in [5.41, 5.74) is 1.99. The Morgan fingerprint density at radius 2 is 1.94 bits per heavy atom. The van der Waals surface area contributed by atoms with Gasteiger partial charge in [-0.15, -0.1) is 5.10 Å². The number of fused-ring (bicyclic) bond motifs is 1. The number of nitrogens with one attached hydrogen (secondary N) is 1. The van der Waals surface area contributed by atoms with E-state index < -0.39 is 6.04 Å². The SMILES string of the molecule is COc1cccc([C@@H](C(=O)NCc2ccco2)N(C(=O)Cn2nnc3ccccc32)C2CC2)c1OC. The highest BCUT2D eigenvalue weighted by Crippen LogP contribution is 2.41. The molecular formula is C26H27N5O5. The summed E-state index contributed by atoms with van der Waals surface area (Å²) in [7, 11) is 3.05. The van der Waals surface area contributed by atoms with E-state index in [2.05, 4.69) is 15.6 Å². The Bertz CT molecular complexity index is 1360. The van der Waals surface area contributed by atoms with Crippen molar-refractivity contribution >= 4 is 22.8 Å². The Hall–Kier alpha value is -4.34. The quantitative estimate of drug-likeness (QED) is 0.364. The highest BCUT2D eigenvalue weighted by molar-refractivity contribution is 5.90. The molecule has 0 saturated heterocycles. The molecule has 1 fully saturated rings. The minimum absolute atomic E-state index is 0.0503. The van der Waals surface area contributed by atoms with Gasteiger partial charge in [0.2, 0.25) is 11.8 Å². The number of furan rings is 1. The van der Waals surface area contributed by atoms with Gasteiger partial charge in [0.15, 0.2) is 11.5 Å². The highest BCUT2D eigenvalue weighted by Gasteiger charge is 2.43. The first-order valence-corrected chi connectivity index (χ1v) is 11.7. The molecule has 2 aromatic heterocycles. The van der Waals surface area contributed by atoms with E-state index in [1.165, 1.54) is 14.2 Å². The number of amides is 2. The van der Waals surface area contributed by atoms with Crippen molar-refractivity contribution in [1.29, 1.82) is 0 Å². The molecule has 4 aromatic rings. The predicted molar refractivity (Wildman–Crippen MR) is 130 cm³/mol. The van der Waals surface area contributed by atoms with Crippen LogP contribution in [0.25, 0.3) is 11.0 Å². The molecule has 186 valence electrons. The van der Waals surface area contributed by atoms with Crippen LogP contribution >= 0.6 is 0 Å². The zero-order valence-corrected chi connectivity index (χ0v) is 20.1. The van der Waals surface area contributed by atoms with Crippen LogP contribution in [0.5, 0.6) is 11.5 Å². The second-order valence-electron chi connectivity index (χ2n) is 8.55. The van der Waals surface area contributed by atoms with Crippen LogP contribution < -0.4 is 14.8 Å². The molecule has 36 heavy (non-hydrogen) atoms. The maximum absolute atomic E-state index is 13.8. The lowest BCUT2D eigenvalue weighted by molar-refractivity contribution is -0.142. The molecule has 0 spiro atoms. The summed E-state index contributed by atoms with van der Waals surface area (Å²) in [5.74, 6) is 0.906. The van der Waals surface area contributed by atoms with Gasteiger partial charge in [-0.1, -0.05) is 29.5 Å². The summed E-state index contributed by atoms with van der Waals surface area (Å²) < 4.78 is 18.1. The Balaban J connectivity index is 1.51. The average molecular weight is 490 g/mol. The van der Waals surface area contributed by atoms with Crippen LogP contribution in [0.1, 0.15) is 30.2 Å². The maximum Gasteiger partial charge on any atom is 0.247 e. The van der Waals surface area contributed by atoms with Gasteiger partial charge in [0.25, 0.3) is 0 Å². The van der Waals surface area contributed by atoms with Gasteiger partial charge in [-0.05, 0) is 43.2 Å². The molecule has 10 heteroatoms. The lowest BCUT2D eigenvalue weighted by Crippen LogP contribution is -2.46. The van der Waals surface area contributed by atoms with Crippen molar-refractivity contribution in [3.8, 4) is 11.5 Å². The standard InChI is InChI=1S/C26H27N5O5/c1-34-22-11-5-8-19(25(22)35-2)24(26(33)27-15-18-7-6-14-36-18)31(17-12-13-17)23(32)16-30-21-10-4-3-9-20(21)28-29-30/h3-11,14,17,24H,12-13,15-16H2,1-2H3,(H,27,33)/t24-/m0/s1. The number of hydrogen-bond donors (Lipinski definition) is 1. The largest absolute Gasteiger partial charge is 0.493 e. The van der Waals surface area contributed by atoms with Crippen molar-refractivity contribution in [3.63, 3.8) is 0 Å². The Morgan fingerprint density at radius 3 is 2.67 bits per heavy atom. The first-order valence-electron chi connectivity index (χ1n) is 11.7. The van der Waals surface area contributed by atoms with Gasteiger partial charge in [0.05, 0.1) is 32.5 Å². The molecule has 1 atom stereocenters. The smallest absolute Gasteiger partial charge is 0.247 e. The number of carbonyl (C=O) groups is 2. The number of aromatic nitrogens is 3. The third-order valence-electron chi connectivity index (χ3n) is 6.20. The molecule has 2 amide bonds. The first kappa shape index (κ1) is 23.4. The molecule has 5 rings (SSSR count). The normalized spacial score (nSPS) is 13.8. The second kappa shape index (κ2) is 10.1. The molecule has 0 radical (unpaired) electrons. The van der Waals surface area contributed by atoms with E-state index in [4.69, 9.17) is 13.9 Å². The number of ether oxygens (including phenoxy) is 2. The summed E-state index contributed by atoms with van der Waals surface area (Å²) in [6.07, 6.45) is 3.16. The van der Waals surface area contributed by atoms with Crippen molar-refractivity contribution in [2.24, 2.45) is 0 Å². The van der Waals surface area contributed by atoms with Crippen LogP contribution in [0.3, 0.4) is 0 Å². The number of carbonyl (C=O) groups excluding carboxylic acids is 2. The van der Waals surface area contributed by atoms with Gasteiger partial charge in [0, 0.05) is 11.6 Å². The van der Waals surface area contributed by atoms with E-state index in [0.29, 0.717) is 28.3 Å². The van der Waals surface area contributed by atoms with E-state index in [1.54, 1.807) is 46.2 Å². The van der Waals surface area contributed by atoms with Crippen molar-refractivity contribution in [2.75, 3.05) is 14.2 Å². The molecule has 0 aliphatic heterocycles. The van der Waals surface area contributed by atoms with Crippen molar-refractivity contribution in [2.45, 2.75) is 38.0 Å². The van der Waals surface area contributed by atoms with Gasteiger partial charge in [-0.25, -0.2) is 4.68 Å². The van der Waals surface area contributed by atoms with Gasteiger partial charge >= 0.3 is 0 Å². The van der Waals surface area contributed by atoms with Gasteiger partial charge in [-0.2, -0.15) is 0 Å². The Kier molecular flexibility index (Phi) is 6.57. The van der Waals surface area contributed by atoms with Crippen LogP contribution in [-0.2, 0) is 22.7 Å². The molecule has 1 aliphatic carbocycles. The number of methoxy groups -OCH3 is 2. The third-order valence-corrected chi connectivity index (χ3v) is 6.20. The third kappa shape index (κ3) is 4.61. The van der Waals surface area contributed by atoms with Gasteiger partial charge in [-0.3, -0.25) is 9.59 Å². The first-order chi connectivity index (χ1) is 17.6. The summed E-state index contributed by atoms with van der Waals surface area (Å²) in [4.78, 5) is 29.2. The second-order valence-corrected chi connectivity index (χ2v) is 8.55.